The van der Waals surface area contributed by atoms with E-state index in [9.17, 15) is 19.2 Å². The molecule has 9 nitrogen and oxygen atoms in total. The topological polar surface area (TPSA) is 142 Å². The number of amides is 2. The molecule has 0 saturated carbocycles. The lowest BCUT2D eigenvalue weighted by atomic mass is 10.1. The zero-order valence-corrected chi connectivity index (χ0v) is 18.0. The van der Waals surface area contributed by atoms with Crippen LogP contribution in [-0.4, -0.2) is 40.6 Å². The molecule has 0 fully saturated rings. The molecule has 0 aliphatic heterocycles. The Morgan fingerprint density at radius 1 is 0.765 bits per heavy atom. The molecule has 174 valence electrons. The molecule has 3 aromatic rings. The number of rotatable bonds is 10. The van der Waals surface area contributed by atoms with E-state index in [4.69, 9.17) is 14.9 Å². The summed E-state index contributed by atoms with van der Waals surface area (Å²) in [5.41, 5.74) is 0.598. The van der Waals surface area contributed by atoms with E-state index in [1.54, 1.807) is 24.3 Å². The Labute approximate surface area is 195 Å². The highest BCUT2D eigenvalue weighted by Crippen LogP contribution is 2.17. The van der Waals surface area contributed by atoms with E-state index in [0.717, 1.165) is 11.6 Å². The Kier molecular flexibility index (Phi) is 7.96. The first-order valence-electron chi connectivity index (χ1n) is 10.3. The Morgan fingerprint density at radius 2 is 1.38 bits per heavy atom. The van der Waals surface area contributed by atoms with Crippen LogP contribution in [0.2, 0.25) is 0 Å². The van der Waals surface area contributed by atoms with Crippen molar-refractivity contribution in [1.82, 2.24) is 5.32 Å². The number of nitrogens with one attached hydrogen (secondary N) is 2. The number of para-hydroxylation sites is 1. The molecule has 0 spiro atoms. The van der Waals surface area contributed by atoms with Crippen molar-refractivity contribution >= 4 is 29.4 Å². The zero-order valence-electron chi connectivity index (χ0n) is 18.0. The predicted octanol–water partition coefficient (Wildman–Crippen LogP) is 3.42. The first-order valence-corrected chi connectivity index (χ1v) is 10.3. The fourth-order valence-corrected chi connectivity index (χ4v) is 2.99. The van der Waals surface area contributed by atoms with Crippen molar-refractivity contribution < 1.29 is 34.1 Å². The number of anilines is 1. The minimum absolute atomic E-state index is 0.0522. The molecule has 34 heavy (non-hydrogen) atoms. The minimum atomic E-state index is -1.31. The van der Waals surface area contributed by atoms with Gasteiger partial charge in [-0.25, -0.2) is 9.59 Å². The second-order valence-corrected chi connectivity index (χ2v) is 7.25. The van der Waals surface area contributed by atoms with Gasteiger partial charge in [-0.1, -0.05) is 30.3 Å². The van der Waals surface area contributed by atoms with E-state index in [0.29, 0.717) is 5.75 Å². The fraction of sp³-hybridized carbons (Fsp3) is 0.120. The Hall–Kier alpha value is -4.66. The van der Waals surface area contributed by atoms with E-state index in [1.165, 1.54) is 12.1 Å². The standard InChI is InChI=1S/C25H22N2O7/c28-22(10-11-34-21-4-2-1-3-5-21)26-15-16-6-8-17(9-7-16)23(29)27-20-13-18(24(30)31)12-19(14-20)25(32)33/h1-9,12-14H,10-11,15H2,(H,26,28)(H,27,29)(H,30,31)(H,32,33). The van der Waals surface area contributed by atoms with Crippen molar-refractivity contribution in [3.63, 3.8) is 0 Å². The van der Waals surface area contributed by atoms with Gasteiger partial charge in [-0.2, -0.15) is 0 Å². The monoisotopic (exact) mass is 462 g/mol. The average Bonchev–Trinajstić information content (AvgIpc) is 2.83. The van der Waals surface area contributed by atoms with Crippen molar-refractivity contribution in [3.8, 4) is 5.75 Å². The van der Waals surface area contributed by atoms with Crippen molar-refractivity contribution in [1.29, 1.82) is 0 Å². The van der Waals surface area contributed by atoms with Gasteiger partial charge in [0.25, 0.3) is 5.91 Å². The molecule has 9 heteroatoms. The van der Waals surface area contributed by atoms with Crippen molar-refractivity contribution in [2.24, 2.45) is 0 Å². The molecule has 3 rings (SSSR count). The molecule has 0 aliphatic carbocycles. The van der Waals surface area contributed by atoms with E-state index in [2.05, 4.69) is 10.6 Å². The second kappa shape index (κ2) is 11.3. The van der Waals surface area contributed by atoms with Crippen LogP contribution in [0.3, 0.4) is 0 Å². The molecule has 0 saturated heterocycles. The maximum absolute atomic E-state index is 12.5. The molecule has 0 atom stereocenters. The maximum Gasteiger partial charge on any atom is 0.335 e. The number of carbonyl (C=O) groups excluding carboxylic acids is 2. The molecule has 0 aromatic heterocycles. The summed E-state index contributed by atoms with van der Waals surface area (Å²) in [5.74, 6) is -2.64. The Balaban J connectivity index is 1.52. The second-order valence-electron chi connectivity index (χ2n) is 7.25. The third-order valence-corrected chi connectivity index (χ3v) is 4.73. The van der Waals surface area contributed by atoms with Gasteiger partial charge in [0.05, 0.1) is 24.2 Å². The van der Waals surface area contributed by atoms with Gasteiger partial charge in [0.1, 0.15) is 5.75 Å². The van der Waals surface area contributed by atoms with Gasteiger partial charge in [0.2, 0.25) is 5.91 Å². The fourth-order valence-electron chi connectivity index (χ4n) is 2.99. The maximum atomic E-state index is 12.5. The number of ether oxygens (including phenoxy) is 1. The molecular formula is C25H22N2O7. The first-order chi connectivity index (χ1) is 16.3. The molecule has 0 radical (unpaired) electrons. The quantitative estimate of drug-likeness (QED) is 0.362. The van der Waals surface area contributed by atoms with Gasteiger partial charge in [0.15, 0.2) is 0 Å². The lowest BCUT2D eigenvalue weighted by molar-refractivity contribution is -0.121. The van der Waals surface area contributed by atoms with Crippen molar-refractivity contribution in [2.45, 2.75) is 13.0 Å². The van der Waals surface area contributed by atoms with E-state index in [1.807, 2.05) is 30.3 Å². The van der Waals surface area contributed by atoms with Crippen molar-refractivity contribution in [3.05, 3.63) is 95.1 Å². The Bertz CT molecular complexity index is 1160. The Morgan fingerprint density at radius 3 is 1.97 bits per heavy atom. The predicted molar refractivity (Wildman–Crippen MR) is 123 cm³/mol. The van der Waals surface area contributed by atoms with Crippen LogP contribution in [0.5, 0.6) is 5.75 Å². The molecular weight excluding hydrogens is 440 g/mol. The van der Waals surface area contributed by atoms with Crippen molar-refractivity contribution in [2.75, 3.05) is 11.9 Å². The van der Waals surface area contributed by atoms with E-state index < -0.39 is 17.8 Å². The van der Waals surface area contributed by atoms with Gasteiger partial charge in [-0.3, -0.25) is 9.59 Å². The molecule has 2 amide bonds. The number of benzene rings is 3. The van der Waals surface area contributed by atoms with Crippen LogP contribution in [-0.2, 0) is 11.3 Å². The van der Waals surface area contributed by atoms with Gasteiger partial charge >= 0.3 is 11.9 Å². The third-order valence-electron chi connectivity index (χ3n) is 4.73. The summed E-state index contributed by atoms with van der Waals surface area (Å²) in [6.45, 7) is 0.524. The highest BCUT2D eigenvalue weighted by atomic mass is 16.5. The minimum Gasteiger partial charge on any atom is -0.493 e. The summed E-state index contributed by atoms with van der Waals surface area (Å²) < 4.78 is 5.49. The number of carbonyl (C=O) groups is 4. The summed E-state index contributed by atoms with van der Waals surface area (Å²) >= 11 is 0. The molecule has 0 aliphatic rings. The van der Waals surface area contributed by atoms with E-state index in [-0.39, 0.29) is 47.9 Å². The van der Waals surface area contributed by atoms with Crippen LogP contribution >= 0.6 is 0 Å². The summed E-state index contributed by atoms with van der Waals surface area (Å²) in [5, 5.41) is 23.6. The number of aromatic carboxylic acids is 2. The smallest absolute Gasteiger partial charge is 0.335 e. The summed E-state index contributed by atoms with van der Waals surface area (Å²) in [4.78, 5) is 46.9. The normalized spacial score (nSPS) is 10.2. The highest BCUT2D eigenvalue weighted by Gasteiger charge is 2.14. The number of carboxylic acids is 2. The highest BCUT2D eigenvalue weighted by molar-refractivity contribution is 6.05. The van der Waals surface area contributed by atoms with Crippen LogP contribution in [0.25, 0.3) is 0 Å². The van der Waals surface area contributed by atoms with E-state index >= 15 is 0 Å². The molecule has 4 N–H and O–H groups in total. The lowest BCUT2D eigenvalue weighted by Gasteiger charge is -2.09. The number of hydrogen-bond donors (Lipinski definition) is 4. The van der Waals surface area contributed by atoms with Gasteiger partial charge in [0, 0.05) is 17.8 Å². The lowest BCUT2D eigenvalue weighted by Crippen LogP contribution is -2.24. The SMILES string of the molecule is O=C(CCOc1ccccc1)NCc1ccc(C(=O)Nc2cc(C(=O)O)cc(C(=O)O)c2)cc1. The van der Waals surface area contributed by atoms with Gasteiger partial charge < -0.3 is 25.6 Å². The largest absolute Gasteiger partial charge is 0.493 e. The van der Waals surface area contributed by atoms with Crippen LogP contribution < -0.4 is 15.4 Å². The van der Waals surface area contributed by atoms with Crippen LogP contribution in [0.4, 0.5) is 5.69 Å². The van der Waals surface area contributed by atoms with Gasteiger partial charge in [-0.15, -0.1) is 0 Å². The molecule has 0 heterocycles. The van der Waals surface area contributed by atoms with Gasteiger partial charge in [-0.05, 0) is 48.0 Å². The molecule has 0 unspecified atom stereocenters. The van der Waals surface area contributed by atoms with Crippen LogP contribution in [0.15, 0.2) is 72.8 Å². The summed E-state index contributed by atoms with van der Waals surface area (Å²) in [6, 6.07) is 19.0. The zero-order chi connectivity index (χ0) is 24.5. The number of hydrogen-bond acceptors (Lipinski definition) is 5. The summed E-state index contributed by atoms with van der Waals surface area (Å²) in [6.07, 6.45) is 0.198. The summed E-state index contributed by atoms with van der Waals surface area (Å²) in [7, 11) is 0. The third kappa shape index (κ3) is 6.92. The first kappa shape index (κ1) is 24.0. The average molecular weight is 462 g/mol. The van der Waals surface area contributed by atoms with Crippen LogP contribution in [0.1, 0.15) is 43.1 Å². The number of carboxylic acid groups (broad SMARTS) is 2. The molecule has 3 aromatic carbocycles. The van der Waals surface area contributed by atoms with Crippen LogP contribution in [0, 0.1) is 0 Å². The molecule has 0 bridgehead atoms.